The molecule has 4 heterocycles. The summed E-state index contributed by atoms with van der Waals surface area (Å²) >= 11 is 0. The number of fused-ring (bicyclic) bond motifs is 2. The average Bonchev–Trinajstić information content (AvgIpc) is 3.16. The Hall–Kier alpha value is -2.64. The molecule has 8 heteroatoms. The van der Waals surface area contributed by atoms with Crippen molar-refractivity contribution in [3.8, 4) is 0 Å². The van der Waals surface area contributed by atoms with E-state index in [1.165, 1.54) is 0 Å². The van der Waals surface area contributed by atoms with Gasteiger partial charge in [0.25, 0.3) is 5.91 Å². The fourth-order valence-electron chi connectivity index (χ4n) is 3.38. The molecule has 4 rings (SSSR count). The summed E-state index contributed by atoms with van der Waals surface area (Å²) in [7, 11) is 0. The first-order valence-corrected chi connectivity index (χ1v) is 7.67. The van der Waals surface area contributed by atoms with E-state index in [-0.39, 0.29) is 12.0 Å². The highest BCUT2D eigenvalue weighted by Gasteiger charge is 2.50. The van der Waals surface area contributed by atoms with E-state index in [1.807, 2.05) is 6.92 Å². The van der Waals surface area contributed by atoms with Crippen LogP contribution in [0.4, 0.5) is 4.79 Å². The zero-order chi connectivity index (χ0) is 16.0. The van der Waals surface area contributed by atoms with Gasteiger partial charge in [0.1, 0.15) is 6.61 Å². The Balaban J connectivity index is 1.64. The number of carbonyl (C=O) groups excluding carboxylic acids is 2. The molecule has 8 nitrogen and oxygen atoms in total. The van der Waals surface area contributed by atoms with Crippen LogP contribution in [0.3, 0.4) is 0 Å². The minimum Gasteiger partial charge on any atom is -0.447 e. The summed E-state index contributed by atoms with van der Waals surface area (Å²) in [6.45, 7) is 3.78. The van der Waals surface area contributed by atoms with Crippen LogP contribution in [0.25, 0.3) is 5.65 Å². The Morgan fingerprint density at radius 3 is 3.13 bits per heavy atom. The summed E-state index contributed by atoms with van der Waals surface area (Å²) in [5.74, 6) is -0.122. The van der Waals surface area contributed by atoms with E-state index in [1.54, 1.807) is 38.8 Å². The Labute approximate surface area is 132 Å². The first-order chi connectivity index (χ1) is 11.1. The van der Waals surface area contributed by atoms with Gasteiger partial charge in [0.05, 0.1) is 11.7 Å². The van der Waals surface area contributed by atoms with E-state index >= 15 is 0 Å². The normalized spacial score (nSPS) is 24.0. The van der Waals surface area contributed by atoms with Gasteiger partial charge in [-0.1, -0.05) is 6.92 Å². The highest BCUT2D eigenvalue weighted by molar-refractivity contribution is 5.93. The van der Waals surface area contributed by atoms with Gasteiger partial charge >= 0.3 is 6.09 Å². The molecule has 0 bridgehead atoms. The van der Waals surface area contributed by atoms with Crippen molar-refractivity contribution in [3.63, 3.8) is 0 Å². The lowest BCUT2D eigenvalue weighted by Crippen LogP contribution is -2.62. The number of piperazine rings is 1. The molecule has 2 saturated heterocycles. The van der Waals surface area contributed by atoms with Crippen LogP contribution in [0.5, 0.6) is 0 Å². The highest BCUT2D eigenvalue weighted by atomic mass is 16.6. The third-order valence-electron chi connectivity index (χ3n) is 4.78. The number of aromatic nitrogens is 3. The molecule has 2 aliphatic rings. The van der Waals surface area contributed by atoms with Gasteiger partial charge in [-0.3, -0.25) is 9.69 Å². The minimum absolute atomic E-state index is 0.122. The number of nitrogens with zero attached hydrogens (tertiary/aromatic N) is 5. The molecule has 23 heavy (non-hydrogen) atoms. The maximum atomic E-state index is 12.9. The summed E-state index contributed by atoms with van der Waals surface area (Å²) in [6.07, 6.45) is 3.63. The van der Waals surface area contributed by atoms with Crippen LogP contribution in [0, 0.1) is 0 Å². The molecule has 0 saturated carbocycles. The van der Waals surface area contributed by atoms with E-state index in [4.69, 9.17) is 4.74 Å². The third kappa shape index (κ3) is 1.97. The van der Waals surface area contributed by atoms with Crippen molar-refractivity contribution in [2.75, 3.05) is 26.2 Å². The molecule has 2 amide bonds. The Bertz CT molecular complexity index is 788. The number of imidazole rings is 1. The van der Waals surface area contributed by atoms with Crippen molar-refractivity contribution < 1.29 is 14.3 Å². The number of carbonyl (C=O) groups is 2. The Kier molecular flexibility index (Phi) is 3.00. The van der Waals surface area contributed by atoms with E-state index in [2.05, 4.69) is 10.1 Å². The van der Waals surface area contributed by atoms with E-state index in [0.29, 0.717) is 37.6 Å². The van der Waals surface area contributed by atoms with Crippen molar-refractivity contribution in [2.45, 2.75) is 18.9 Å². The average molecular weight is 315 g/mol. The summed E-state index contributed by atoms with van der Waals surface area (Å²) in [5, 5.41) is 4.19. The number of rotatable bonds is 2. The maximum Gasteiger partial charge on any atom is 0.410 e. The fourth-order valence-corrected chi connectivity index (χ4v) is 3.38. The van der Waals surface area contributed by atoms with Gasteiger partial charge in [-0.2, -0.15) is 5.10 Å². The van der Waals surface area contributed by atoms with Crippen LogP contribution >= 0.6 is 0 Å². The van der Waals surface area contributed by atoms with Gasteiger partial charge in [-0.15, -0.1) is 0 Å². The monoisotopic (exact) mass is 315 g/mol. The van der Waals surface area contributed by atoms with Crippen LogP contribution in [-0.4, -0.2) is 68.2 Å². The molecule has 120 valence electrons. The first-order valence-electron chi connectivity index (χ1n) is 7.67. The van der Waals surface area contributed by atoms with Gasteiger partial charge in [0.2, 0.25) is 0 Å². The fraction of sp³-hybridized carbons (Fsp3) is 0.467. The summed E-state index contributed by atoms with van der Waals surface area (Å²) in [5.41, 5.74) is 0.656. The highest BCUT2D eigenvalue weighted by Crippen LogP contribution is 2.32. The lowest BCUT2D eigenvalue weighted by molar-refractivity contribution is 0.0355. The SMILES string of the molecule is CCC12COC(=O)N1CCN(C(=O)c1cnc3cccnn13)C2. The molecule has 2 fully saturated rings. The quantitative estimate of drug-likeness (QED) is 0.818. The molecule has 0 aromatic carbocycles. The topological polar surface area (TPSA) is 80.0 Å². The first kappa shape index (κ1) is 14.0. The van der Waals surface area contributed by atoms with Crippen LogP contribution < -0.4 is 0 Å². The van der Waals surface area contributed by atoms with Gasteiger partial charge in [-0.25, -0.2) is 14.3 Å². The zero-order valence-corrected chi connectivity index (χ0v) is 12.8. The van der Waals surface area contributed by atoms with Gasteiger partial charge < -0.3 is 9.64 Å². The van der Waals surface area contributed by atoms with Crippen LogP contribution in [0.1, 0.15) is 23.8 Å². The lowest BCUT2D eigenvalue weighted by Gasteiger charge is -2.44. The number of ether oxygens (including phenoxy) is 1. The second-order valence-corrected chi connectivity index (χ2v) is 5.95. The van der Waals surface area contributed by atoms with Crippen LogP contribution in [0.15, 0.2) is 24.5 Å². The Morgan fingerprint density at radius 2 is 2.30 bits per heavy atom. The maximum absolute atomic E-state index is 12.9. The molecule has 1 atom stereocenters. The molecule has 0 N–H and O–H groups in total. The van der Waals surface area contributed by atoms with Crippen molar-refractivity contribution in [1.29, 1.82) is 0 Å². The van der Waals surface area contributed by atoms with Crippen molar-refractivity contribution >= 4 is 17.6 Å². The molecule has 2 aromatic heterocycles. The third-order valence-corrected chi connectivity index (χ3v) is 4.78. The summed E-state index contributed by atoms with van der Waals surface area (Å²) in [6, 6.07) is 3.58. The molecular formula is C15H17N5O3. The van der Waals surface area contributed by atoms with E-state index < -0.39 is 5.54 Å². The molecule has 2 aliphatic heterocycles. The van der Waals surface area contributed by atoms with Gasteiger partial charge in [0.15, 0.2) is 11.3 Å². The number of cyclic esters (lactones) is 1. The van der Waals surface area contributed by atoms with Crippen molar-refractivity contribution in [2.24, 2.45) is 0 Å². The second-order valence-electron chi connectivity index (χ2n) is 5.95. The Morgan fingerprint density at radius 1 is 1.43 bits per heavy atom. The molecule has 2 aromatic rings. The summed E-state index contributed by atoms with van der Waals surface area (Å²) in [4.78, 5) is 32.4. The number of hydrogen-bond donors (Lipinski definition) is 0. The van der Waals surface area contributed by atoms with E-state index in [0.717, 1.165) is 6.42 Å². The molecular weight excluding hydrogens is 298 g/mol. The molecule has 0 aliphatic carbocycles. The van der Waals surface area contributed by atoms with Crippen LogP contribution in [-0.2, 0) is 4.74 Å². The van der Waals surface area contributed by atoms with Crippen LogP contribution in [0.2, 0.25) is 0 Å². The van der Waals surface area contributed by atoms with Gasteiger partial charge in [-0.05, 0) is 18.6 Å². The number of hydrogen-bond acceptors (Lipinski definition) is 5. The largest absolute Gasteiger partial charge is 0.447 e. The standard InChI is InChI=1S/C15H17N5O3/c1-2-15-9-18(6-7-19(15)14(22)23-10-15)13(21)11-8-16-12-4-3-5-17-20(11)12/h3-5,8H,2,6-7,9-10H2,1H3. The predicted octanol–water partition coefficient (Wildman–Crippen LogP) is 0.786. The summed E-state index contributed by atoms with van der Waals surface area (Å²) < 4.78 is 6.75. The lowest BCUT2D eigenvalue weighted by atomic mass is 9.93. The van der Waals surface area contributed by atoms with Gasteiger partial charge in [0, 0.05) is 25.8 Å². The molecule has 0 radical (unpaired) electrons. The van der Waals surface area contributed by atoms with Crippen molar-refractivity contribution in [1.82, 2.24) is 24.4 Å². The minimum atomic E-state index is -0.418. The predicted molar refractivity (Wildman–Crippen MR) is 80.0 cm³/mol. The number of amides is 2. The van der Waals surface area contributed by atoms with Crippen molar-refractivity contribution in [3.05, 3.63) is 30.2 Å². The second kappa shape index (κ2) is 4.94. The zero-order valence-electron chi connectivity index (χ0n) is 12.8. The molecule has 0 spiro atoms. The smallest absolute Gasteiger partial charge is 0.410 e. The molecule has 1 unspecified atom stereocenters. The van der Waals surface area contributed by atoms with E-state index in [9.17, 15) is 9.59 Å².